The first-order valence-electron chi connectivity index (χ1n) is 30.8. The third-order valence-corrected chi connectivity index (χ3v) is 15.7. The van der Waals surface area contributed by atoms with Crippen molar-refractivity contribution in [2.45, 2.75) is 321 Å². The lowest BCUT2D eigenvalue weighted by atomic mass is 9.99. The van der Waals surface area contributed by atoms with E-state index in [1.54, 1.807) is 0 Å². The van der Waals surface area contributed by atoms with Crippen LogP contribution in [0.3, 0.4) is 0 Å². The fourth-order valence-electron chi connectivity index (χ4n) is 9.66. The van der Waals surface area contributed by atoms with E-state index in [2.05, 4.69) is 41.7 Å². The maximum absolute atomic E-state index is 13.9. The lowest BCUT2D eigenvalue weighted by molar-refractivity contribution is -0.284. The summed E-state index contributed by atoms with van der Waals surface area (Å²) in [6, 6.07) is -1.01. The SMILES string of the molecule is CCCCCCCCCCCCCCC(=O)N[C@H](CSC[C@@H](COC(=O)CCCCCCCCCCCCCC)OC(=O)CCCCCCCCCCCCCC)C(=O)Nc1cn(CC2OC(O)C(O)C(O)C2O)nn1. The molecule has 2 amide bonds. The molecule has 0 aromatic carbocycles. The molecular formula is C59H109N5O11S. The Kier molecular flexibility index (Phi) is 42.9. The van der Waals surface area contributed by atoms with E-state index >= 15 is 0 Å². The second kappa shape index (κ2) is 47.0. The Balaban J connectivity index is 2.00. The van der Waals surface area contributed by atoms with Crippen molar-refractivity contribution < 1.29 is 53.8 Å². The molecule has 442 valence electrons. The first-order chi connectivity index (χ1) is 37.0. The van der Waals surface area contributed by atoms with Gasteiger partial charge >= 0.3 is 11.9 Å². The van der Waals surface area contributed by atoms with Gasteiger partial charge in [0.25, 0.3) is 0 Å². The Hall–Kier alpha value is -2.83. The molecule has 0 saturated carbocycles. The average Bonchev–Trinajstić information content (AvgIpc) is 3.85. The van der Waals surface area contributed by atoms with Crippen molar-refractivity contribution in [1.29, 1.82) is 0 Å². The number of hydrogen-bond donors (Lipinski definition) is 6. The Morgan fingerprint density at radius 3 is 1.45 bits per heavy atom. The van der Waals surface area contributed by atoms with Crippen LogP contribution in [-0.2, 0) is 39.9 Å². The van der Waals surface area contributed by atoms with Gasteiger partial charge in [0.1, 0.15) is 43.2 Å². The summed E-state index contributed by atoms with van der Waals surface area (Å²) in [5, 5.41) is 54.1. The molecule has 17 heteroatoms. The number of amides is 2. The highest BCUT2D eigenvalue weighted by Gasteiger charge is 2.43. The molecule has 0 bridgehead atoms. The van der Waals surface area contributed by atoms with Gasteiger partial charge in [0.05, 0.1) is 12.7 Å². The second-order valence-corrected chi connectivity index (χ2v) is 22.8. The predicted molar refractivity (Wildman–Crippen MR) is 305 cm³/mol. The first kappa shape index (κ1) is 69.3. The quantitative estimate of drug-likeness (QED) is 0.0263. The number of esters is 2. The Morgan fingerprint density at radius 1 is 0.566 bits per heavy atom. The average molecular weight is 1100 g/mol. The van der Waals surface area contributed by atoms with Gasteiger partial charge in [-0.3, -0.25) is 19.2 Å². The predicted octanol–water partition coefficient (Wildman–Crippen LogP) is 12.0. The Bertz CT molecular complexity index is 1590. The minimum Gasteiger partial charge on any atom is -0.462 e. The number of nitrogens with zero attached hydrogens (tertiary/aromatic N) is 3. The van der Waals surface area contributed by atoms with Crippen molar-refractivity contribution in [2.75, 3.05) is 23.4 Å². The van der Waals surface area contributed by atoms with Crippen molar-refractivity contribution in [3.05, 3.63) is 6.20 Å². The van der Waals surface area contributed by atoms with E-state index < -0.39 is 48.8 Å². The van der Waals surface area contributed by atoms with Gasteiger partial charge in [0.15, 0.2) is 12.1 Å². The van der Waals surface area contributed by atoms with Crippen LogP contribution < -0.4 is 10.6 Å². The number of ether oxygens (including phenoxy) is 3. The summed E-state index contributed by atoms with van der Waals surface area (Å²) in [6.45, 7) is 6.45. The topological polar surface area (TPSA) is 232 Å². The van der Waals surface area contributed by atoms with Crippen LogP contribution in [0.4, 0.5) is 5.82 Å². The molecule has 0 radical (unpaired) electrons. The molecule has 7 atom stereocenters. The largest absolute Gasteiger partial charge is 0.462 e. The van der Waals surface area contributed by atoms with Crippen molar-refractivity contribution in [2.24, 2.45) is 0 Å². The normalized spacial score (nSPS) is 18.3. The highest BCUT2D eigenvalue weighted by molar-refractivity contribution is 7.99. The van der Waals surface area contributed by atoms with E-state index in [0.29, 0.717) is 19.3 Å². The van der Waals surface area contributed by atoms with E-state index in [1.807, 2.05) is 0 Å². The molecule has 1 aliphatic heterocycles. The summed E-state index contributed by atoms with van der Waals surface area (Å²) in [5.41, 5.74) is 0. The first-order valence-corrected chi connectivity index (χ1v) is 31.9. The van der Waals surface area contributed by atoms with Gasteiger partial charge in [0, 0.05) is 30.8 Å². The van der Waals surface area contributed by atoms with E-state index in [-0.39, 0.29) is 61.2 Å². The van der Waals surface area contributed by atoms with Crippen LogP contribution >= 0.6 is 11.8 Å². The Labute approximate surface area is 463 Å². The summed E-state index contributed by atoms with van der Waals surface area (Å²) in [6.07, 6.45) is 36.2. The van der Waals surface area contributed by atoms with Gasteiger partial charge in [-0.05, 0) is 19.3 Å². The highest BCUT2D eigenvalue weighted by Crippen LogP contribution is 2.22. The number of anilines is 1. The van der Waals surface area contributed by atoms with E-state index in [0.717, 1.165) is 57.8 Å². The van der Waals surface area contributed by atoms with Crippen molar-refractivity contribution in [3.8, 4) is 0 Å². The van der Waals surface area contributed by atoms with Crippen LogP contribution in [0.15, 0.2) is 6.20 Å². The van der Waals surface area contributed by atoms with E-state index in [9.17, 15) is 39.6 Å². The van der Waals surface area contributed by atoms with Gasteiger partial charge in [-0.25, -0.2) is 4.68 Å². The lowest BCUT2D eigenvalue weighted by Gasteiger charge is -2.38. The van der Waals surface area contributed by atoms with Crippen LogP contribution in [0.2, 0.25) is 0 Å². The number of hydrogen-bond acceptors (Lipinski definition) is 14. The molecule has 2 heterocycles. The molecule has 1 fully saturated rings. The number of carbonyl (C=O) groups excluding carboxylic acids is 4. The minimum absolute atomic E-state index is 0.0475. The molecule has 76 heavy (non-hydrogen) atoms. The van der Waals surface area contributed by atoms with Crippen LogP contribution in [0.1, 0.15) is 271 Å². The van der Waals surface area contributed by atoms with Crippen LogP contribution in [0.5, 0.6) is 0 Å². The fourth-order valence-corrected chi connectivity index (χ4v) is 10.7. The third kappa shape index (κ3) is 35.6. The Morgan fingerprint density at radius 2 is 0.987 bits per heavy atom. The maximum Gasteiger partial charge on any atom is 0.306 e. The zero-order valence-electron chi connectivity index (χ0n) is 47.9. The number of aliphatic hydroxyl groups excluding tert-OH is 4. The number of carbonyl (C=O) groups is 4. The zero-order chi connectivity index (χ0) is 55.3. The summed E-state index contributed by atoms with van der Waals surface area (Å²) in [5.74, 6) is -1.12. The summed E-state index contributed by atoms with van der Waals surface area (Å²) in [7, 11) is 0. The van der Waals surface area contributed by atoms with Crippen LogP contribution in [-0.4, -0.2) is 120 Å². The van der Waals surface area contributed by atoms with Gasteiger partial charge in [-0.1, -0.05) is 238 Å². The van der Waals surface area contributed by atoms with E-state index in [1.165, 1.54) is 183 Å². The van der Waals surface area contributed by atoms with Crippen LogP contribution in [0, 0.1) is 0 Å². The summed E-state index contributed by atoms with van der Waals surface area (Å²) >= 11 is 1.31. The van der Waals surface area contributed by atoms with Crippen molar-refractivity contribution in [3.63, 3.8) is 0 Å². The summed E-state index contributed by atoms with van der Waals surface area (Å²) in [4.78, 5) is 53.4. The molecule has 1 saturated heterocycles. The number of thioether (sulfide) groups is 1. The number of unbranched alkanes of at least 4 members (excludes halogenated alkanes) is 33. The molecule has 1 aliphatic rings. The molecule has 2 rings (SSSR count). The van der Waals surface area contributed by atoms with Crippen molar-refractivity contribution in [1.82, 2.24) is 20.3 Å². The molecule has 0 spiro atoms. The molecule has 5 unspecified atom stereocenters. The lowest BCUT2D eigenvalue weighted by Crippen LogP contribution is -2.58. The summed E-state index contributed by atoms with van der Waals surface area (Å²) < 4.78 is 18.2. The zero-order valence-corrected chi connectivity index (χ0v) is 48.7. The van der Waals surface area contributed by atoms with Gasteiger partial charge in [-0.2, -0.15) is 11.8 Å². The maximum atomic E-state index is 13.9. The monoisotopic (exact) mass is 1100 g/mol. The minimum atomic E-state index is -1.72. The number of aliphatic hydroxyl groups is 4. The fraction of sp³-hybridized carbons (Fsp3) is 0.898. The van der Waals surface area contributed by atoms with Crippen LogP contribution in [0.25, 0.3) is 0 Å². The molecular weight excluding hydrogens is 987 g/mol. The van der Waals surface area contributed by atoms with Crippen molar-refractivity contribution >= 4 is 41.3 Å². The molecule has 0 aliphatic carbocycles. The molecule has 1 aromatic heterocycles. The number of aromatic nitrogens is 3. The highest BCUT2D eigenvalue weighted by atomic mass is 32.2. The standard InChI is InChI=1S/C59H109N5O11S/c1-4-7-10-13-16-19-22-25-28-31-34-37-40-52(65)60-49(58(71)61-51-44-64(63-62-51)43-50-55(68)56(69)57(70)59(72)75-50)47-76-46-48(74-54(67)42-39-36-33-30-27-24-21-18-15-12-9-6-3)45-73-53(66)41-38-35-32-29-26-23-20-17-14-11-8-5-2/h44,48-50,55-57,59,68-70,72H,4-43,45-47H2,1-3H3,(H,60,65)(H,61,71)/t48-,49-,50?,55?,56?,57?,59?/m1/s1. The van der Waals surface area contributed by atoms with Gasteiger partial charge in [0.2, 0.25) is 11.8 Å². The molecule has 6 N–H and O–H groups in total. The third-order valence-electron chi connectivity index (χ3n) is 14.5. The smallest absolute Gasteiger partial charge is 0.306 e. The number of nitrogens with one attached hydrogen (secondary N) is 2. The second-order valence-electron chi connectivity index (χ2n) is 21.7. The molecule has 1 aromatic rings. The van der Waals surface area contributed by atoms with E-state index in [4.69, 9.17) is 14.2 Å². The number of rotatable bonds is 51. The van der Waals surface area contributed by atoms with Gasteiger partial charge < -0.3 is 45.3 Å². The van der Waals surface area contributed by atoms with Gasteiger partial charge in [-0.15, -0.1) is 5.10 Å². The molecule has 16 nitrogen and oxygen atoms in total.